The van der Waals surface area contributed by atoms with Gasteiger partial charge in [-0.25, -0.2) is 4.98 Å². The lowest BCUT2D eigenvalue weighted by atomic mass is 10.2. The van der Waals surface area contributed by atoms with E-state index in [1.54, 1.807) is 18.2 Å². The van der Waals surface area contributed by atoms with Crippen LogP contribution in [-0.2, 0) is 6.18 Å². The predicted molar refractivity (Wildman–Crippen MR) is 105 cm³/mol. The number of anilines is 1. The first kappa shape index (κ1) is 20.1. The van der Waals surface area contributed by atoms with Crippen LogP contribution in [0.5, 0.6) is 0 Å². The van der Waals surface area contributed by atoms with E-state index in [9.17, 15) is 18.0 Å². The number of nitrogens with zero attached hydrogens (tertiary/aromatic N) is 1. The van der Waals surface area contributed by atoms with Gasteiger partial charge < -0.3 is 5.32 Å². The van der Waals surface area contributed by atoms with Crippen LogP contribution in [0.1, 0.15) is 16.1 Å². The number of halogens is 6. The molecule has 10 heteroatoms. The number of benzene rings is 2. The van der Waals surface area contributed by atoms with Crippen molar-refractivity contribution in [3.05, 3.63) is 67.6 Å². The van der Waals surface area contributed by atoms with Crippen molar-refractivity contribution >= 4 is 62.1 Å². The Bertz CT molecular complexity index is 1020. The maximum absolute atomic E-state index is 13.0. The summed E-state index contributed by atoms with van der Waals surface area (Å²) < 4.78 is 38.8. The number of hydrogen-bond donors (Lipinski definition) is 1. The van der Waals surface area contributed by atoms with E-state index in [2.05, 4.69) is 26.2 Å². The molecule has 3 rings (SSSR count). The summed E-state index contributed by atoms with van der Waals surface area (Å²) in [5.41, 5.74) is -0.255. The zero-order valence-corrected chi connectivity index (χ0v) is 17.0. The molecule has 0 unspecified atom stereocenters. The van der Waals surface area contributed by atoms with Gasteiger partial charge in [-0.3, -0.25) is 4.79 Å². The zero-order valence-electron chi connectivity index (χ0n) is 13.1. The standard InChI is InChI=1S/C17H8BrCl2F3N2OS/c18-11-5-4-8(6-10(11)17(21,22)23)24-15(26)13-7-27-16(25-13)9-2-1-3-12(19)14(9)20/h1-7H,(H,24,26). The van der Waals surface area contributed by atoms with Crippen molar-refractivity contribution in [1.82, 2.24) is 4.98 Å². The van der Waals surface area contributed by atoms with Gasteiger partial charge in [-0.15, -0.1) is 11.3 Å². The molecule has 2 aromatic carbocycles. The van der Waals surface area contributed by atoms with Crippen LogP contribution in [0.25, 0.3) is 10.6 Å². The van der Waals surface area contributed by atoms with Crippen LogP contribution < -0.4 is 5.32 Å². The number of carbonyl (C=O) groups excluding carboxylic acids is 1. The average Bonchev–Trinajstić information content (AvgIpc) is 3.08. The number of amides is 1. The molecule has 0 aliphatic carbocycles. The lowest BCUT2D eigenvalue weighted by Crippen LogP contribution is -2.14. The highest BCUT2D eigenvalue weighted by molar-refractivity contribution is 9.10. The molecular weight excluding hydrogens is 488 g/mol. The Kier molecular flexibility index (Phi) is 5.81. The third-order valence-corrected chi connectivity index (χ3v) is 5.83. The Morgan fingerprint density at radius 3 is 2.63 bits per heavy atom. The molecule has 1 aromatic heterocycles. The largest absolute Gasteiger partial charge is 0.417 e. The van der Waals surface area contributed by atoms with Crippen LogP contribution in [0, 0.1) is 0 Å². The Labute approximate surface area is 174 Å². The highest BCUT2D eigenvalue weighted by Crippen LogP contribution is 2.37. The van der Waals surface area contributed by atoms with Gasteiger partial charge in [-0.2, -0.15) is 13.2 Å². The molecule has 3 nitrogen and oxygen atoms in total. The predicted octanol–water partition coefficient (Wildman–Crippen LogP) is 7.15. The molecular formula is C17H8BrCl2F3N2OS. The monoisotopic (exact) mass is 494 g/mol. The average molecular weight is 496 g/mol. The van der Waals surface area contributed by atoms with E-state index < -0.39 is 17.6 Å². The molecule has 1 N–H and O–H groups in total. The second-order valence-corrected chi connectivity index (χ2v) is 7.78. The van der Waals surface area contributed by atoms with E-state index in [1.807, 2.05) is 0 Å². The minimum Gasteiger partial charge on any atom is -0.321 e. The first-order valence-corrected chi connectivity index (χ1v) is 9.67. The molecule has 1 amide bonds. The Balaban J connectivity index is 1.84. The van der Waals surface area contributed by atoms with Crippen LogP contribution in [0.15, 0.2) is 46.3 Å². The molecule has 27 heavy (non-hydrogen) atoms. The Hall–Kier alpha value is -1.61. The summed E-state index contributed by atoms with van der Waals surface area (Å²) in [5.74, 6) is -0.633. The SMILES string of the molecule is O=C(Nc1ccc(Br)c(C(F)(F)F)c1)c1csc(-c2cccc(Cl)c2Cl)n1. The molecule has 0 spiro atoms. The van der Waals surface area contributed by atoms with Crippen molar-refractivity contribution < 1.29 is 18.0 Å². The van der Waals surface area contributed by atoms with Gasteiger partial charge in [0.1, 0.15) is 10.7 Å². The van der Waals surface area contributed by atoms with E-state index >= 15 is 0 Å². The molecule has 0 bridgehead atoms. The second kappa shape index (κ2) is 7.79. The van der Waals surface area contributed by atoms with Gasteiger partial charge in [0.05, 0.1) is 15.6 Å². The van der Waals surface area contributed by atoms with E-state index in [1.165, 1.54) is 28.8 Å². The molecule has 1 heterocycles. The van der Waals surface area contributed by atoms with Crippen LogP contribution in [-0.4, -0.2) is 10.9 Å². The van der Waals surface area contributed by atoms with E-state index in [0.29, 0.717) is 20.6 Å². The number of aromatic nitrogens is 1. The zero-order chi connectivity index (χ0) is 19.8. The maximum Gasteiger partial charge on any atom is 0.417 e. The van der Waals surface area contributed by atoms with Gasteiger partial charge >= 0.3 is 6.18 Å². The van der Waals surface area contributed by atoms with Gasteiger partial charge in [0.15, 0.2) is 0 Å². The number of carbonyl (C=O) groups is 1. The quantitative estimate of drug-likeness (QED) is 0.419. The number of nitrogens with one attached hydrogen (secondary N) is 1. The lowest BCUT2D eigenvalue weighted by Gasteiger charge is -2.11. The van der Waals surface area contributed by atoms with Gasteiger partial charge in [0.25, 0.3) is 5.91 Å². The second-order valence-electron chi connectivity index (χ2n) is 5.29. The van der Waals surface area contributed by atoms with Crippen LogP contribution >= 0.6 is 50.5 Å². The van der Waals surface area contributed by atoms with E-state index in [4.69, 9.17) is 23.2 Å². The highest BCUT2D eigenvalue weighted by atomic mass is 79.9. The molecule has 3 aromatic rings. The smallest absolute Gasteiger partial charge is 0.321 e. The third-order valence-electron chi connectivity index (χ3n) is 3.45. The van der Waals surface area contributed by atoms with Crippen molar-refractivity contribution in [3.8, 4) is 10.6 Å². The summed E-state index contributed by atoms with van der Waals surface area (Å²) in [6, 6.07) is 8.46. The fraction of sp³-hybridized carbons (Fsp3) is 0.0588. The summed E-state index contributed by atoms with van der Waals surface area (Å²) in [6.45, 7) is 0. The first-order chi connectivity index (χ1) is 12.7. The maximum atomic E-state index is 13.0. The van der Waals surface area contributed by atoms with Crippen molar-refractivity contribution in [2.24, 2.45) is 0 Å². The van der Waals surface area contributed by atoms with Crippen molar-refractivity contribution in [2.45, 2.75) is 6.18 Å². The molecule has 140 valence electrons. The minimum absolute atomic E-state index is 0.00543. The van der Waals surface area contributed by atoms with Crippen LogP contribution in [0.3, 0.4) is 0 Å². The minimum atomic E-state index is -4.54. The first-order valence-electron chi connectivity index (χ1n) is 7.25. The molecule has 0 atom stereocenters. The molecule has 0 aliphatic heterocycles. The summed E-state index contributed by atoms with van der Waals surface area (Å²) in [6.07, 6.45) is -4.54. The Morgan fingerprint density at radius 2 is 1.93 bits per heavy atom. The van der Waals surface area contributed by atoms with Gasteiger partial charge in [0, 0.05) is 21.1 Å². The highest BCUT2D eigenvalue weighted by Gasteiger charge is 2.33. The summed E-state index contributed by atoms with van der Waals surface area (Å²) in [7, 11) is 0. The van der Waals surface area contributed by atoms with Crippen LogP contribution in [0.2, 0.25) is 10.0 Å². The van der Waals surface area contributed by atoms with Crippen molar-refractivity contribution in [3.63, 3.8) is 0 Å². The molecule has 0 aliphatic rings. The lowest BCUT2D eigenvalue weighted by molar-refractivity contribution is -0.138. The van der Waals surface area contributed by atoms with Crippen molar-refractivity contribution in [1.29, 1.82) is 0 Å². The van der Waals surface area contributed by atoms with E-state index in [-0.39, 0.29) is 15.9 Å². The van der Waals surface area contributed by atoms with Crippen molar-refractivity contribution in [2.75, 3.05) is 5.32 Å². The van der Waals surface area contributed by atoms with Gasteiger partial charge in [0.2, 0.25) is 0 Å². The fourth-order valence-corrected chi connectivity index (χ4v) is 3.93. The molecule has 0 saturated carbocycles. The summed E-state index contributed by atoms with van der Waals surface area (Å²) in [5, 5.41) is 5.04. The molecule has 0 fully saturated rings. The van der Waals surface area contributed by atoms with Crippen LogP contribution in [0.4, 0.5) is 18.9 Å². The van der Waals surface area contributed by atoms with E-state index in [0.717, 1.165) is 6.07 Å². The number of rotatable bonds is 3. The Morgan fingerprint density at radius 1 is 1.19 bits per heavy atom. The number of alkyl halides is 3. The fourth-order valence-electron chi connectivity index (χ4n) is 2.19. The molecule has 0 radical (unpaired) electrons. The normalized spacial score (nSPS) is 11.5. The van der Waals surface area contributed by atoms with Gasteiger partial charge in [-0.1, -0.05) is 51.3 Å². The number of thiazole rings is 1. The number of hydrogen-bond acceptors (Lipinski definition) is 3. The third kappa shape index (κ3) is 4.45. The van der Waals surface area contributed by atoms with Gasteiger partial charge in [-0.05, 0) is 24.3 Å². The molecule has 0 saturated heterocycles. The summed E-state index contributed by atoms with van der Waals surface area (Å²) in [4.78, 5) is 16.5. The summed E-state index contributed by atoms with van der Waals surface area (Å²) >= 11 is 16.1. The topological polar surface area (TPSA) is 42.0 Å².